The third kappa shape index (κ3) is 3.16. The molecule has 2 rings (SSSR count). The lowest BCUT2D eigenvalue weighted by molar-refractivity contribution is 0.689. The highest BCUT2D eigenvalue weighted by molar-refractivity contribution is 8.00. The van der Waals surface area contributed by atoms with Crippen LogP contribution in [0.1, 0.15) is 37.7 Å². The maximum absolute atomic E-state index is 6.29. The topological polar surface area (TPSA) is 26.0 Å². The Hall–Kier alpha value is -0.180. The second kappa shape index (κ2) is 5.44. The van der Waals surface area contributed by atoms with Gasteiger partial charge in [-0.3, -0.25) is 0 Å². The van der Waals surface area contributed by atoms with Gasteiger partial charge in [0.25, 0.3) is 0 Å². The smallest absolute Gasteiger partial charge is 0.0544 e. The van der Waals surface area contributed by atoms with Gasteiger partial charge in [0.1, 0.15) is 0 Å². The maximum Gasteiger partial charge on any atom is 0.0544 e. The van der Waals surface area contributed by atoms with Crippen molar-refractivity contribution in [3.8, 4) is 0 Å². The van der Waals surface area contributed by atoms with Crippen LogP contribution < -0.4 is 5.73 Å². The van der Waals surface area contributed by atoms with E-state index in [1.807, 2.05) is 11.8 Å². The van der Waals surface area contributed by atoms with E-state index in [2.05, 4.69) is 25.1 Å². The standard InChI is InChI=1S/C13H18ClNS/c1-9(6-7-15)10-2-5-13(12(14)8-10)16-11-3-4-11/h2,5,8-9,11H,3-4,6-7,15H2,1H3. The lowest BCUT2D eigenvalue weighted by Crippen LogP contribution is -2.04. The Balaban J connectivity index is 2.08. The first kappa shape index (κ1) is 12.3. The van der Waals surface area contributed by atoms with Gasteiger partial charge in [-0.05, 0) is 49.4 Å². The van der Waals surface area contributed by atoms with E-state index in [1.54, 1.807) is 0 Å². The number of benzene rings is 1. The lowest BCUT2D eigenvalue weighted by atomic mass is 9.98. The normalized spacial score (nSPS) is 17.4. The number of rotatable bonds is 5. The van der Waals surface area contributed by atoms with Crippen molar-refractivity contribution in [2.45, 2.75) is 42.2 Å². The summed E-state index contributed by atoms with van der Waals surface area (Å²) in [6.45, 7) is 2.93. The molecular weight excluding hydrogens is 238 g/mol. The molecule has 1 aliphatic rings. The van der Waals surface area contributed by atoms with Gasteiger partial charge in [-0.15, -0.1) is 11.8 Å². The molecule has 0 heterocycles. The molecule has 0 spiro atoms. The van der Waals surface area contributed by atoms with E-state index in [9.17, 15) is 0 Å². The Bertz CT molecular complexity index is 363. The highest BCUT2D eigenvalue weighted by Crippen LogP contribution is 2.42. The van der Waals surface area contributed by atoms with Crippen LogP contribution in [0.15, 0.2) is 23.1 Å². The number of thioether (sulfide) groups is 1. The molecule has 1 unspecified atom stereocenters. The van der Waals surface area contributed by atoms with Gasteiger partial charge < -0.3 is 5.73 Å². The van der Waals surface area contributed by atoms with Crippen molar-refractivity contribution in [1.82, 2.24) is 0 Å². The van der Waals surface area contributed by atoms with Gasteiger partial charge in [0, 0.05) is 10.1 Å². The first-order chi connectivity index (χ1) is 7.70. The Morgan fingerprint density at radius 3 is 2.81 bits per heavy atom. The van der Waals surface area contributed by atoms with Crippen molar-refractivity contribution >= 4 is 23.4 Å². The number of hydrogen-bond donors (Lipinski definition) is 1. The largest absolute Gasteiger partial charge is 0.330 e. The molecule has 1 saturated carbocycles. The van der Waals surface area contributed by atoms with Gasteiger partial charge in [0.15, 0.2) is 0 Å². The van der Waals surface area contributed by atoms with Gasteiger partial charge in [-0.25, -0.2) is 0 Å². The molecule has 0 bridgehead atoms. The second-order valence-electron chi connectivity index (χ2n) is 4.49. The van der Waals surface area contributed by atoms with E-state index in [4.69, 9.17) is 17.3 Å². The van der Waals surface area contributed by atoms with Gasteiger partial charge in [0.2, 0.25) is 0 Å². The number of halogens is 1. The molecule has 3 heteroatoms. The molecule has 16 heavy (non-hydrogen) atoms. The Kier molecular flexibility index (Phi) is 4.17. The third-order valence-electron chi connectivity index (χ3n) is 2.94. The fourth-order valence-electron chi connectivity index (χ4n) is 1.70. The molecule has 88 valence electrons. The average molecular weight is 256 g/mol. The summed E-state index contributed by atoms with van der Waals surface area (Å²) < 4.78 is 0. The van der Waals surface area contributed by atoms with Crippen molar-refractivity contribution in [3.05, 3.63) is 28.8 Å². The summed E-state index contributed by atoms with van der Waals surface area (Å²) in [5, 5.41) is 1.71. The Labute approximate surface area is 107 Å². The van der Waals surface area contributed by atoms with Crippen molar-refractivity contribution in [2.24, 2.45) is 5.73 Å². The summed E-state index contributed by atoms with van der Waals surface area (Å²) in [7, 11) is 0. The molecule has 0 radical (unpaired) electrons. The summed E-state index contributed by atoms with van der Waals surface area (Å²) >= 11 is 8.21. The Morgan fingerprint density at radius 2 is 2.25 bits per heavy atom. The fourth-order valence-corrected chi connectivity index (χ4v) is 3.07. The van der Waals surface area contributed by atoms with Crippen molar-refractivity contribution < 1.29 is 0 Å². The molecule has 1 fully saturated rings. The average Bonchev–Trinajstić information content (AvgIpc) is 3.05. The SMILES string of the molecule is CC(CCN)c1ccc(SC2CC2)c(Cl)c1. The van der Waals surface area contributed by atoms with E-state index in [0.29, 0.717) is 5.92 Å². The van der Waals surface area contributed by atoms with Crippen LogP contribution in [0.5, 0.6) is 0 Å². The van der Waals surface area contributed by atoms with E-state index in [-0.39, 0.29) is 0 Å². The van der Waals surface area contributed by atoms with Crippen LogP contribution in [0.4, 0.5) is 0 Å². The van der Waals surface area contributed by atoms with Crippen molar-refractivity contribution in [2.75, 3.05) is 6.54 Å². The zero-order valence-electron chi connectivity index (χ0n) is 9.58. The minimum Gasteiger partial charge on any atom is -0.330 e. The van der Waals surface area contributed by atoms with Gasteiger partial charge in [-0.2, -0.15) is 0 Å². The van der Waals surface area contributed by atoms with E-state index >= 15 is 0 Å². The highest BCUT2D eigenvalue weighted by atomic mass is 35.5. The van der Waals surface area contributed by atoms with Crippen LogP contribution in [-0.4, -0.2) is 11.8 Å². The number of nitrogens with two attached hydrogens (primary N) is 1. The van der Waals surface area contributed by atoms with E-state index in [1.165, 1.54) is 23.3 Å². The van der Waals surface area contributed by atoms with Crippen molar-refractivity contribution in [3.63, 3.8) is 0 Å². The van der Waals surface area contributed by atoms with Crippen LogP contribution >= 0.6 is 23.4 Å². The number of hydrogen-bond acceptors (Lipinski definition) is 2. The molecule has 0 saturated heterocycles. The minimum absolute atomic E-state index is 0.502. The van der Waals surface area contributed by atoms with Crippen LogP contribution in [0.3, 0.4) is 0 Å². The molecule has 1 aromatic carbocycles. The monoisotopic (exact) mass is 255 g/mol. The molecule has 1 nitrogen and oxygen atoms in total. The predicted molar refractivity (Wildman–Crippen MR) is 72.4 cm³/mol. The van der Waals surface area contributed by atoms with Gasteiger partial charge >= 0.3 is 0 Å². The molecule has 0 amide bonds. The zero-order chi connectivity index (χ0) is 11.5. The van der Waals surface area contributed by atoms with Crippen LogP contribution in [0.2, 0.25) is 5.02 Å². The van der Waals surface area contributed by atoms with Gasteiger partial charge in [0.05, 0.1) is 5.02 Å². The summed E-state index contributed by atoms with van der Waals surface area (Å²) in [5.41, 5.74) is 6.87. The second-order valence-corrected chi connectivity index (χ2v) is 6.23. The lowest BCUT2D eigenvalue weighted by Gasteiger charge is -2.12. The third-order valence-corrected chi connectivity index (χ3v) is 4.78. The molecule has 0 aliphatic heterocycles. The zero-order valence-corrected chi connectivity index (χ0v) is 11.2. The van der Waals surface area contributed by atoms with Crippen LogP contribution in [0.25, 0.3) is 0 Å². The van der Waals surface area contributed by atoms with E-state index in [0.717, 1.165) is 23.2 Å². The molecule has 2 N–H and O–H groups in total. The van der Waals surface area contributed by atoms with Crippen molar-refractivity contribution in [1.29, 1.82) is 0 Å². The van der Waals surface area contributed by atoms with Gasteiger partial charge in [-0.1, -0.05) is 24.6 Å². The minimum atomic E-state index is 0.502. The molecule has 1 aromatic rings. The maximum atomic E-state index is 6.29. The van der Waals surface area contributed by atoms with Crippen LogP contribution in [0, 0.1) is 0 Å². The summed E-state index contributed by atoms with van der Waals surface area (Å²) in [4.78, 5) is 1.23. The highest BCUT2D eigenvalue weighted by Gasteiger charge is 2.23. The fraction of sp³-hybridized carbons (Fsp3) is 0.538. The molecule has 1 aliphatic carbocycles. The first-order valence-corrected chi connectivity index (χ1v) is 7.12. The molecule has 1 atom stereocenters. The summed E-state index contributed by atoms with van der Waals surface area (Å²) in [6, 6.07) is 6.46. The molecule has 0 aromatic heterocycles. The van der Waals surface area contributed by atoms with Crippen LogP contribution in [-0.2, 0) is 0 Å². The summed E-state index contributed by atoms with van der Waals surface area (Å²) in [6.07, 6.45) is 3.70. The summed E-state index contributed by atoms with van der Waals surface area (Å²) in [5.74, 6) is 0.502. The Morgan fingerprint density at radius 1 is 1.50 bits per heavy atom. The quantitative estimate of drug-likeness (QED) is 0.859. The predicted octanol–water partition coefficient (Wildman–Crippen LogP) is 4.05. The molecular formula is C13H18ClNS. The van der Waals surface area contributed by atoms with E-state index < -0.39 is 0 Å². The first-order valence-electron chi connectivity index (χ1n) is 5.87.